The summed E-state index contributed by atoms with van der Waals surface area (Å²) in [5.41, 5.74) is -1.68. The molecule has 0 aromatic carbocycles. The Hall–Kier alpha value is -2.82. The standard InChI is InChI=1S/C45H83N3O12/c1-6-45(5,47-28-30-58-31-33-59-35-37(2)49)40(51)36-60-34-32-57-29-27-46-44(3,4)39(50)26-25-38(43(55)56)48-41(52)23-21-19-17-15-13-11-9-7-8-10-12-14-16-18-20-22-24-42(53)54/h38,46-47H,6-36H2,1-5H3,(H,48,52)(H,53,54)(H,55,56)/t38-,45+/m0/s1. The van der Waals surface area contributed by atoms with Crippen LogP contribution in [0, 0.1) is 0 Å². The van der Waals surface area contributed by atoms with Crippen molar-refractivity contribution in [3.63, 3.8) is 0 Å². The molecule has 0 saturated heterocycles. The van der Waals surface area contributed by atoms with Crippen LogP contribution in [0.5, 0.6) is 0 Å². The van der Waals surface area contributed by atoms with Crippen LogP contribution in [-0.2, 0) is 47.7 Å². The summed E-state index contributed by atoms with van der Waals surface area (Å²) in [5.74, 6) is -2.45. The number of ether oxygens (including phenoxy) is 4. The van der Waals surface area contributed by atoms with Gasteiger partial charge in [-0.15, -0.1) is 0 Å². The van der Waals surface area contributed by atoms with Crippen molar-refractivity contribution in [3.8, 4) is 0 Å². The zero-order valence-electron chi connectivity index (χ0n) is 38.0. The SMILES string of the molecule is CC[C@@](C)(NCCOCCOCC(C)=O)C(=O)COCCOCCNC(C)(C)C(=O)CC[C@H](NC(=O)CCCCCCCCCCCCCCCCCCC(=O)O)C(=O)O. The molecule has 1 amide bonds. The number of carboxylic acids is 2. The number of hydrogen-bond donors (Lipinski definition) is 5. The minimum atomic E-state index is -1.16. The molecule has 0 fully saturated rings. The number of Topliss-reactive ketones (excluding diaryl/α,β-unsaturated/α-hetero) is 3. The zero-order valence-corrected chi connectivity index (χ0v) is 38.0. The third kappa shape index (κ3) is 32.9. The third-order valence-electron chi connectivity index (χ3n) is 10.7. The smallest absolute Gasteiger partial charge is 0.326 e. The van der Waals surface area contributed by atoms with Crippen LogP contribution in [0.4, 0.5) is 0 Å². The van der Waals surface area contributed by atoms with Crippen LogP contribution in [-0.4, -0.2) is 128 Å². The normalized spacial score (nSPS) is 13.2. The number of ketones is 3. The Morgan fingerprint density at radius 1 is 0.533 bits per heavy atom. The highest BCUT2D eigenvalue weighted by molar-refractivity contribution is 5.89. The number of unbranched alkanes of at least 4 members (excludes halogenated alkanes) is 15. The highest BCUT2D eigenvalue weighted by Crippen LogP contribution is 2.16. The Morgan fingerprint density at radius 2 is 0.967 bits per heavy atom. The molecule has 0 spiro atoms. The van der Waals surface area contributed by atoms with E-state index in [1.165, 1.54) is 64.7 Å². The lowest BCUT2D eigenvalue weighted by Gasteiger charge is -2.28. The first-order valence-corrected chi connectivity index (χ1v) is 22.8. The number of carbonyl (C=O) groups is 6. The maximum absolute atomic E-state index is 13.0. The van der Waals surface area contributed by atoms with Gasteiger partial charge in [-0.05, 0) is 53.4 Å². The van der Waals surface area contributed by atoms with E-state index in [9.17, 15) is 33.9 Å². The summed E-state index contributed by atoms with van der Waals surface area (Å²) in [5, 5.41) is 27.3. The molecule has 5 N–H and O–H groups in total. The lowest BCUT2D eigenvalue weighted by atomic mass is 9.93. The minimum Gasteiger partial charge on any atom is -0.481 e. The molecular formula is C45H83N3O12. The first kappa shape index (κ1) is 57.2. The van der Waals surface area contributed by atoms with Gasteiger partial charge in [0.25, 0.3) is 0 Å². The Bertz CT molecular complexity index is 1180. The van der Waals surface area contributed by atoms with Crippen molar-refractivity contribution in [1.82, 2.24) is 16.0 Å². The molecule has 0 bridgehead atoms. The summed E-state index contributed by atoms with van der Waals surface area (Å²) in [6.07, 6.45) is 19.1. The number of amides is 1. The van der Waals surface area contributed by atoms with Gasteiger partial charge in [-0.2, -0.15) is 0 Å². The van der Waals surface area contributed by atoms with Crippen molar-refractivity contribution in [1.29, 1.82) is 0 Å². The van der Waals surface area contributed by atoms with Gasteiger partial charge in [-0.25, -0.2) is 4.79 Å². The van der Waals surface area contributed by atoms with Crippen LogP contribution < -0.4 is 16.0 Å². The summed E-state index contributed by atoms with van der Waals surface area (Å²) in [7, 11) is 0. The van der Waals surface area contributed by atoms with E-state index in [1.54, 1.807) is 13.8 Å². The fraction of sp³-hybridized carbons (Fsp3) is 0.867. The zero-order chi connectivity index (χ0) is 44.9. The number of rotatable bonds is 45. The van der Waals surface area contributed by atoms with Crippen molar-refractivity contribution < 1.29 is 57.9 Å². The van der Waals surface area contributed by atoms with E-state index in [2.05, 4.69) is 16.0 Å². The molecule has 0 aliphatic rings. The fourth-order valence-electron chi connectivity index (χ4n) is 6.48. The Labute approximate surface area is 360 Å². The van der Waals surface area contributed by atoms with Crippen LogP contribution in [0.15, 0.2) is 0 Å². The molecule has 0 aliphatic heterocycles. The molecule has 60 heavy (non-hydrogen) atoms. The van der Waals surface area contributed by atoms with Crippen LogP contribution in [0.2, 0.25) is 0 Å². The van der Waals surface area contributed by atoms with Crippen molar-refractivity contribution >= 4 is 35.2 Å². The quantitative estimate of drug-likeness (QED) is 0.0422. The largest absolute Gasteiger partial charge is 0.481 e. The van der Waals surface area contributed by atoms with E-state index in [0.717, 1.165) is 38.5 Å². The van der Waals surface area contributed by atoms with Gasteiger partial charge in [0, 0.05) is 32.4 Å². The summed E-state index contributed by atoms with van der Waals surface area (Å²) >= 11 is 0. The molecule has 0 rings (SSSR count). The molecule has 0 unspecified atom stereocenters. The average molecular weight is 858 g/mol. The van der Waals surface area contributed by atoms with E-state index in [-0.39, 0.29) is 75.4 Å². The molecule has 15 nitrogen and oxygen atoms in total. The number of nitrogens with one attached hydrogen (secondary N) is 3. The molecule has 15 heteroatoms. The number of carbonyl (C=O) groups excluding carboxylic acids is 4. The van der Waals surface area contributed by atoms with Gasteiger partial charge in [0.15, 0.2) is 17.3 Å². The van der Waals surface area contributed by atoms with Gasteiger partial charge in [-0.3, -0.25) is 24.0 Å². The van der Waals surface area contributed by atoms with Crippen molar-refractivity contribution in [2.45, 2.75) is 187 Å². The Morgan fingerprint density at radius 3 is 1.42 bits per heavy atom. The van der Waals surface area contributed by atoms with Gasteiger partial charge >= 0.3 is 11.9 Å². The molecule has 2 atom stereocenters. The van der Waals surface area contributed by atoms with E-state index in [4.69, 9.17) is 24.1 Å². The van der Waals surface area contributed by atoms with E-state index in [1.807, 2.05) is 13.8 Å². The molecule has 0 aromatic heterocycles. The molecule has 0 aliphatic carbocycles. The first-order valence-electron chi connectivity index (χ1n) is 22.8. The van der Waals surface area contributed by atoms with Gasteiger partial charge in [-0.1, -0.05) is 96.8 Å². The third-order valence-corrected chi connectivity index (χ3v) is 10.7. The van der Waals surface area contributed by atoms with Crippen LogP contribution in [0.3, 0.4) is 0 Å². The van der Waals surface area contributed by atoms with Crippen molar-refractivity contribution in [3.05, 3.63) is 0 Å². The van der Waals surface area contributed by atoms with E-state index >= 15 is 0 Å². The average Bonchev–Trinajstić information content (AvgIpc) is 3.20. The van der Waals surface area contributed by atoms with Crippen molar-refractivity contribution in [2.75, 3.05) is 65.9 Å². The number of carboxylic acid groups (broad SMARTS) is 2. The summed E-state index contributed by atoms with van der Waals surface area (Å²) < 4.78 is 21.8. The highest BCUT2D eigenvalue weighted by Gasteiger charge is 2.31. The fourth-order valence-corrected chi connectivity index (χ4v) is 6.48. The topological polar surface area (TPSA) is 216 Å². The lowest BCUT2D eigenvalue weighted by Crippen LogP contribution is -2.51. The maximum Gasteiger partial charge on any atom is 0.326 e. The van der Waals surface area contributed by atoms with Crippen LogP contribution in [0.1, 0.15) is 169 Å². The van der Waals surface area contributed by atoms with E-state index < -0.39 is 29.1 Å². The van der Waals surface area contributed by atoms with Crippen LogP contribution >= 0.6 is 0 Å². The van der Waals surface area contributed by atoms with Crippen LogP contribution in [0.25, 0.3) is 0 Å². The summed E-state index contributed by atoms with van der Waals surface area (Å²) in [6.45, 7) is 11.4. The second-order valence-electron chi connectivity index (χ2n) is 16.6. The molecule has 0 heterocycles. The second kappa shape index (κ2) is 36.8. The Kier molecular flexibility index (Phi) is 35.1. The Balaban J connectivity index is 4.01. The lowest BCUT2D eigenvalue weighted by molar-refractivity contribution is -0.142. The van der Waals surface area contributed by atoms with Gasteiger partial charge in [0.2, 0.25) is 5.91 Å². The molecule has 350 valence electrons. The van der Waals surface area contributed by atoms with Crippen molar-refractivity contribution in [2.24, 2.45) is 0 Å². The molecular weight excluding hydrogens is 775 g/mol. The molecule has 0 saturated carbocycles. The number of aliphatic carboxylic acids is 2. The second-order valence-corrected chi connectivity index (χ2v) is 16.6. The predicted octanol–water partition coefficient (Wildman–Crippen LogP) is 6.36. The molecule has 0 radical (unpaired) electrons. The van der Waals surface area contributed by atoms with Gasteiger partial charge in [0.1, 0.15) is 19.3 Å². The van der Waals surface area contributed by atoms with Gasteiger partial charge in [0.05, 0.1) is 50.7 Å². The summed E-state index contributed by atoms with van der Waals surface area (Å²) in [6, 6.07) is -1.13. The summed E-state index contributed by atoms with van der Waals surface area (Å²) in [4.78, 5) is 71.5. The molecule has 0 aromatic rings. The van der Waals surface area contributed by atoms with Gasteiger partial charge < -0.3 is 45.1 Å². The monoisotopic (exact) mass is 858 g/mol. The first-order chi connectivity index (χ1) is 28.6. The number of hydrogen-bond acceptors (Lipinski definition) is 12. The van der Waals surface area contributed by atoms with E-state index in [0.29, 0.717) is 52.4 Å². The minimum absolute atomic E-state index is 0.00665. The predicted molar refractivity (Wildman–Crippen MR) is 232 cm³/mol. The highest BCUT2D eigenvalue weighted by atomic mass is 16.5. The maximum atomic E-state index is 13.0.